The van der Waals surface area contributed by atoms with Crippen LogP contribution in [0.25, 0.3) is 16.6 Å². The quantitative estimate of drug-likeness (QED) is 0.369. The Morgan fingerprint density at radius 2 is 1.73 bits per heavy atom. The predicted molar refractivity (Wildman–Crippen MR) is 107 cm³/mol. The van der Waals surface area contributed by atoms with Gasteiger partial charge in [0.2, 0.25) is 5.43 Å². The molecule has 0 aliphatic heterocycles. The van der Waals surface area contributed by atoms with Gasteiger partial charge in [-0.25, -0.2) is 22.4 Å². The molecule has 0 atom stereocenters. The molecule has 1 heterocycles. The lowest BCUT2D eigenvalue weighted by Gasteiger charge is -2.16. The lowest BCUT2D eigenvalue weighted by atomic mass is 10.0. The zero-order valence-electron chi connectivity index (χ0n) is 16.1. The van der Waals surface area contributed by atoms with Crippen molar-refractivity contribution in [2.24, 2.45) is 0 Å². The van der Waals surface area contributed by atoms with Crippen LogP contribution in [-0.2, 0) is 0 Å². The second kappa shape index (κ2) is 7.46. The van der Waals surface area contributed by atoms with E-state index in [1.54, 1.807) is 0 Å². The van der Waals surface area contributed by atoms with Crippen molar-refractivity contribution in [3.05, 3.63) is 75.1 Å². The van der Waals surface area contributed by atoms with Gasteiger partial charge in [-0.1, -0.05) is 25.6 Å². The number of pyridine rings is 1. The Balaban J connectivity index is 2.60. The van der Waals surface area contributed by atoms with Gasteiger partial charge in [-0.2, -0.15) is 0 Å². The van der Waals surface area contributed by atoms with Crippen molar-refractivity contribution in [2.45, 2.75) is 19.6 Å². The summed E-state index contributed by atoms with van der Waals surface area (Å²) in [6.07, 6.45) is 0.792. The van der Waals surface area contributed by atoms with Crippen molar-refractivity contribution >= 4 is 24.9 Å². The molecule has 0 fully saturated rings. The van der Waals surface area contributed by atoms with Crippen LogP contribution in [0.3, 0.4) is 0 Å². The number of carbonyl (C=O) groups is 1. The highest BCUT2D eigenvalue weighted by Gasteiger charge is 2.23. The Hall–Kier alpha value is -3.38. The number of benzene rings is 2. The van der Waals surface area contributed by atoms with Gasteiger partial charge in [0.15, 0.2) is 11.6 Å². The van der Waals surface area contributed by atoms with Crippen LogP contribution in [0, 0.1) is 34.7 Å². The van der Waals surface area contributed by atoms with Crippen molar-refractivity contribution in [2.75, 3.05) is 0 Å². The summed E-state index contributed by atoms with van der Waals surface area (Å²) in [4.78, 5) is 24.2. The third kappa shape index (κ3) is 3.86. The molecule has 4 nitrogen and oxygen atoms in total. The molecule has 0 saturated heterocycles. The van der Waals surface area contributed by atoms with E-state index < -0.39 is 59.3 Å². The molecule has 0 aliphatic carbocycles. The van der Waals surface area contributed by atoms with Crippen LogP contribution >= 0.6 is 0 Å². The molecule has 1 N–H and O–H groups in total. The third-order valence-corrected chi connectivity index (χ3v) is 5.02. The first kappa shape index (κ1) is 21.3. The summed E-state index contributed by atoms with van der Waals surface area (Å²) in [6.45, 7) is 5.57. The molecule has 0 spiro atoms. The van der Waals surface area contributed by atoms with Crippen molar-refractivity contribution in [3.8, 4) is 17.2 Å². The van der Waals surface area contributed by atoms with E-state index in [2.05, 4.69) is 11.5 Å². The Kier molecular flexibility index (Phi) is 5.30. The van der Waals surface area contributed by atoms with Crippen LogP contribution in [0.15, 0.2) is 35.3 Å². The van der Waals surface area contributed by atoms with Crippen LogP contribution < -0.4 is 5.43 Å². The standard InChI is InChI=1S/C21H15F4NO3Si/c1-30(2,3)7-6-12-18(25)16(24)9-13-19(12)26(10-14(20(13)27)21(28)29)17-5-4-11(22)8-15(17)23/h4-5,8-10H,1-3H3,(H,28,29). The van der Waals surface area contributed by atoms with Crippen LogP contribution in [0.2, 0.25) is 19.6 Å². The maximum atomic E-state index is 14.7. The van der Waals surface area contributed by atoms with Gasteiger partial charge in [-0.05, 0) is 18.2 Å². The number of fused-ring (bicyclic) bond motifs is 1. The molecule has 154 valence electrons. The third-order valence-electron chi connectivity index (χ3n) is 4.14. The molecule has 0 saturated carbocycles. The van der Waals surface area contributed by atoms with E-state index in [0.717, 1.165) is 22.9 Å². The Bertz CT molecular complexity index is 1330. The first-order valence-corrected chi connectivity index (χ1v) is 12.2. The fourth-order valence-corrected chi connectivity index (χ4v) is 3.32. The minimum Gasteiger partial charge on any atom is -0.477 e. The summed E-state index contributed by atoms with van der Waals surface area (Å²) >= 11 is 0. The number of rotatable bonds is 2. The second-order valence-corrected chi connectivity index (χ2v) is 12.3. The van der Waals surface area contributed by atoms with E-state index in [9.17, 15) is 32.3 Å². The van der Waals surface area contributed by atoms with Gasteiger partial charge >= 0.3 is 5.97 Å². The molecule has 0 amide bonds. The molecule has 2 aromatic carbocycles. The number of nitrogens with zero attached hydrogens (tertiary/aromatic N) is 1. The summed E-state index contributed by atoms with van der Waals surface area (Å²) in [5.41, 5.74) is -0.184. The van der Waals surface area contributed by atoms with Gasteiger partial charge in [0.25, 0.3) is 0 Å². The monoisotopic (exact) mass is 433 g/mol. The summed E-state index contributed by atoms with van der Waals surface area (Å²) in [5, 5.41) is 8.87. The van der Waals surface area contributed by atoms with Gasteiger partial charge in [0.05, 0.1) is 22.2 Å². The van der Waals surface area contributed by atoms with Crippen LogP contribution in [0.5, 0.6) is 0 Å². The number of hydrogen-bond donors (Lipinski definition) is 1. The highest BCUT2D eigenvalue weighted by Crippen LogP contribution is 2.27. The van der Waals surface area contributed by atoms with E-state index in [0.29, 0.717) is 12.1 Å². The van der Waals surface area contributed by atoms with Crippen molar-refractivity contribution in [1.29, 1.82) is 0 Å². The zero-order valence-corrected chi connectivity index (χ0v) is 17.1. The topological polar surface area (TPSA) is 59.3 Å². The van der Waals surface area contributed by atoms with E-state index in [1.165, 1.54) is 0 Å². The average molecular weight is 433 g/mol. The minimum absolute atomic E-state index is 0.305. The number of carboxylic acids is 1. The summed E-state index contributed by atoms with van der Waals surface area (Å²) in [5.74, 6) is -3.83. The fraction of sp³-hybridized carbons (Fsp3) is 0.143. The summed E-state index contributed by atoms with van der Waals surface area (Å²) in [7, 11) is -2.08. The lowest BCUT2D eigenvalue weighted by molar-refractivity contribution is 0.0695. The Morgan fingerprint density at radius 3 is 2.30 bits per heavy atom. The number of hydrogen-bond acceptors (Lipinski definition) is 2. The molecule has 3 rings (SSSR count). The fourth-order valence-electron chi connectivity index (χ4n) is 2.82. The van der Waals surface area contributed by atoms with E-state index in [4.69, 9.17) is 0 Å². The van der Waals surface area contributed by atoms with Gasteiger partial charge in [0.1, 0.15) is 25.3 Å². The molecule has 0 aliphatic rings. The van der Waals surface area contributed by atoms with Crippen molar-refractivity contribution < 1.29 is 27.5 Å². The summed E-state index contributed by atoms with van der Waals surface area (Å²) in [6, 6.07) is 3.01. The molecule has 0 radical (unpaired) electrons. The first-order chi connectivity index (χ1) is 13.9. The van der Waals surface area contributed by atoms with E-state index in [1.807, 2.05) is 19.6 Å². The summed E-state index contributed by atoms with van der Waals surface area (Å²) < 4.78 is 57.7. The molecule has 0 bridgehead atoms. The van der Waals surface area contributed by atoms with Crippen LogP contribution in [0.1, 0.15) is 15.9 Å². The van der Waals surface area contributed by atoms with Crippen molar-refractivity contribution in [3.63, 3.8) is 0 Å². The molecule has 3 aromatic rings. The largest absolute Gasteiger partial charge is 0.477 e. The number of halogens is 4. The normalized spacial score (nSPS) is 11.3. The highest BCUT2D eigenvalue weighted by atomic mass is 28.3. The Labute approximate surface area is 169 Å². The molecule has 0 unspecified atom stereocenters. The smallest absolute Gasteiger partial charge is 0.341 e. The average Bonchev–Trinajstić information content (AvgIpc) is 2.62. The molecular weight excluding hydrogens is 418 g/mol. The highest BCUT2D eigenvalue weighted by molar-refractivity contribution is 6.83. The number of aromatic carboxylic acids is 1. The van der Waals surface area contributed by atoms with Crippen LogP contribution in [-0.4, -0.2) is 23.7 Å². The number of carboxylic acid groups (broad SMARTS) is 1. The maximum Gasteiger partial charge on any atom is 0.341 e. The first-order valence-electron chi connectivity index (χ1n) is 8.70. The van der Waals surface area contributed by atoms with Gasteiger partial charge in [0, 0.05) is 12.3 Å². The van der Waals surface area contributed by atoms with E-state index >= 15 is 0 Å². The Morgan fingerprint density at radius 1 is 1.07 bits per heavy atom. The molecule has 9 heteroatoms. The van der Waals surface area contributed by atoms with Gasteiger partial charge in [-0.15, -0.1) is 5.54 Å². The SMILES string of the molecule is C[Si](C)(C)C#Cc1c(F)c(F)cc2c(=O)c(C(=O)O)cn(-c3ccc(F)cc3F)c12. The molecule has 1 aromatic heterocycles. The van der Waals surface area contributed by atoms with Crippen LogP contribution in [0.4, 0.5) is 17.6 Å². The lowest BCUT2D eigenvalue weighted by Crippen LogP contribution is -2.20. The zero-order chi connectivity index (χ0) is 22.4. The van der Waals surface area contributed by atoms with Gasteiger partial charge in [-0.3, -0.25) is 4.79 Å². The van der Waals surface area contributed by atoms with Gasteiger partial charge < -0.3 is 9.67 Å². The number of aromatic nitrogens is 1. The molecule has 30 heavy (non-hydrogen) atoms. The predicted octanol–water partition coefficient (Wildman–Crippen LogP) is 4.47. The molecular formula is C21H15F4NO3Si. The maximum absolute atomic E-state index is 14.7. The van der Waals surface area contributed by atoms with E-state index in [-0.39, 0.29) is 11.2 Å². The minimum atomic E-state index is -2.08. The van der Waals surface area contributed by atoms with Crippen molar-refractivity contribution in [1.82, 2.24) is 4.57 Å². The second-order valence-electron chi connectivity index (χ2n) is 7.59.